The molecule has 9 rings (SSSR count). The van der Waals surface area contributed by atoms with E-state index in [0.29, 0.717) is 284 Å². The minimum atomic E-state index is -3.63. The third-order valence-corrected chi connectivity index (χ3v) is 34.3. The SMILES string of the molecule is CCO[Si](c1ccc(-c2cc(COCCOCCOCCOC)c(-c3ccc([Si](C)(C)C)cc3)cc2COCCOCCOCCOC)cc1)(c1ccc(-c2cc(COCCOCCOCCOC)c(-c3ccc([Si](C)(C)C)cc3)cc2COCCOCCOCCOC)cc1)c1ccc(-c2cc(COCCOCCOCCOC)c(-c3ccc([Si](C)(C)C)cc3)cc2COCCOCCOCCOC)cc1. The molecule has 0 unspecified atom stereocenters. The minimum Gasteiger partial charge on any atom is -0.405 e. The molecule has 0 fully saturated rings. The topological polar surface area (TPSA) is 231 Å². The van der Waals surface area contributed by atoms with Gasteiger partial charge in [0.25, 0.3) is 8.32 Å². The molecule has 25 nitrogen and oxygen atoms in total. The molecule has 0 amide bonds. The molecule has 0 aliphatic heterocycles. The van der Waals surface area contributed by atoms with E-state index in [1.54, 1.807) is 42.7 Å². The first-order valence-electron chi connectivity index (χ1n) is 50.3. The van der Waals surface area contributed by atoms with Crippen LogP contribution in [0.1, 0.15) is 40.3 Å². The predicted molar refractivity (Wildman–Crippen MR) is 576 cm³/mol. The summed E-state index contributed by atoms with van der Waals surface area (Å²) in [5, 5.41) is 7.25. The van der Waals surface area contributed by atoms with Gasteiger partial charge in [-0.15, -0.1) is 0 Å². The van der Waals surface area contributed by atoms with Gasteiger partial charge < -0.3 is 118 Å². The zero-order valence-electron chi connectivity index (χ0n) is 87.9. The summed E-state index contributed by atoms with van der Waals surface area (Å²) in [5.41, 5.74) is 18.6. The Morgan fingerprint density at radius 3 is 0.415 bits per heavy atom. The number of methoxy groups -OCH3 is 6. The smallest absolute Gasteiger partial charge is 0.288 e. The minimum absolute atomic E-state index is 0.305. The number of rotatable bonds is 80. The monoisotopic (exact) mass is 2030 g/mol. The van der Waals surface area contributed by atoms with E-state index in [1.807, 2.05) is 0 Å². The third-order valence-electron chi connectivity index (χ3n) is 23.9. The molecule has 0 spiro atoms. The normalized spacial score (nSPS) is 12.2. The lowest BCUT2D eigenvalue weighted by atomic mass is 9.91. The third kappa shape index (κ3) is 41.2. The number of benzene rings is 9. The standard InChI is InChI=1S/C113H164O25Si4/c1-17-138-142(105-36-24-93(25-37-105)111-81-96(84-132-72-66-126-60-54-120-48-42-114-2)108(90-18-30-102(31-19-90)139(8,9)10)78-99(111)87-135-75-69-129-63-57-123-51-45-117-5,106-38-26-94(27-39-106)112-82-97(85-133-73-67-127-61-55-121-49-43-115-3)109(91-20-32-103(33-21-91)140(11,12)13)79-100(112)88-136-76-70-130-64-58-124-52-46-118-6)107-40-28-95(29-41-107)113-83-98(86-134-74-68-128-62-56-122-50-44-116-4)110(92-22-34-104(35-23-92)141(14,15)16)80-101(113)89-137-77-71-131-65-59-125-53-47-119-7/h18-41,78-83H,17,42-77,84-89H2,1-16H3. The summed E-state index contributed by atoms with van der Waals surface area (Å²) in [6.45, 7) is 41.9. The molecule has 0 saturated heterocycles. The average molecular weight is 2030 g/mol. The first kappa shape index (κ1) is 118. The highest BCUT2D eigenvalue weighted by molar-refractivity contribution is 7.07. The summed E-state index contributed by atoms with van der Waals surface area (Å²) in [7, 11) is 1.39. The van der Waals surface area contributed by atoms with E-state index >= 15 is 0 Å². The summed E-state index contributed by atoms with van der Waals surface area (Å²) in [6, 6.07) is 68.3. The average Bonchev–Trinajstić information content (AvgIpc) is 0.736. The summed E-state index contributed by atoms with van der Waals surface area (Å²) in [5.74, 6) is 0. The van der Waals surface area contributed by atoms with Gasteiger partial charge in [-0.3, -0.25) is 0 Å². The van der Waals surface area contributed by atoms with Crippen molar-refractivity contribution in [2.45, 2.75) is 105 Å². The fourth-order valence-electron chi connectivity index (χ4n) is 16.1. The highest BCUT2D eigenvalue weighted by Crippen LogP contribution is 2.39. The van der Waals surface area contributed by atoms with Crippen molar-refractivity contribution in [1.82, 2.24) is 0 Å². The summed E-state index contributed by atoms with van der Waals surface area (Å²) in [4.78, 5) is 0. The fraction of sp³-hybridized carbons (Fsp3) is 0.522. The van der Waals surface area contributed by atoms with Crippen LogP contribution in [0.3, 0.4) is 0 Å². The van der Waals surface area contributed by atoms with Crippen molar-refractivity contribution in [1.29, 1.82) is 0 Å². The Kier molecular flexibility index (Phi) is 56.4. The Morgan fingerprint density at radius 1 is 0.162 bits per heavy atom. The van der Waals surface area contributed by atoms with E-state index in [1.165, 1.54) is 15.6 Å². The first-order chi connectivity index (χ1) is 69.2. The largest absolute Gasteiger partial charge is 0.405 e. The summed E-state index contributed by atoms with van der Waals surface area (Å²) < 4.78 is 149. The number of hydrogen-bond donors (Lipinski definition) is 0. The Balaban J connectivity index is 1.22. The van der Waals surface area contributed by atoms with Crippen molar-refractivity contribution < 1.29 is 118 Å². The highest BCUT2D eigenvalue weighted by Gasteiger charge is 2.42. The van der Waals surface area contributed by atoms with Crippen LogP contribution in [-0.2, 0) is 158 Å². The molecule has 9 aromatic rings. The van der Waals surface area contributed by atoms with Crippen LogP contribution in [0.4, 0.5) is 0 Å². The van der Waals surface area contributed by atoms with Gasteiger partial charge in [-0.05, 0) is 159 Å². The maximum Gasteiger partial charge on any atom is 0.288 e. The van der Waals surface area contributed by atoms with Gasteiger partial charge in [-0.25, -0.2) is 0 Å². The second kappa shape index (κ2) is 67.7. The molecular formula is C113H164O25Si4. The van der Waals surface area contributed by atoms with Gasteiger partial charge in [0.2, 0.25) is 0 Å². The molecule has 0 aliphatic carbocycles. The second-order valence-corrected chi connectivity index (χ2v) is 56.1. The summed E-state index contributed by atoms with van der Waals surface area (Å²) in [6.07, 6.45) is 0. The molecule has 782 valence electrons. The van der Waals surface area contributed by atoms with Crippen LogP contribution in [0.25, 0.3) is 66.8 Å². The van der Waals surface area contributed by atoms with Gasteiger partial charge in [0, 0.05) is 49.3 Å². The molecule has 0 radical (unpaired) electrons. The lowest BCUT2D eigenvalue weighted by Crippen LogP contribution is -2.69. The Bertz CT molecular complexity index is 4400. The van der Waals surface area contributed by atoms with Gasteiger partial charge >= 0.3 is 0 Å². The first-order valence-corrected chi connectivity index (χ1v) is 62.7. The number of hydrogen-bond acceptors (Lipinski definition) is 25. The van der Waals surface area contributed by atoms with Crippen LogP contribution >= 0.6 is 0 Å². The molecular weight excluding hydrogens is 1870 g/mol. The van der Waals surface area contributed by atoms with Gasteiger partial charge in [-0.2, -0.15) is 0 Å². The zero-order valence-corrected chi connectivity index (χ0v) is 91.9. The molecule has 142 heavy (non-hydrogen) atoms. The van der Waals surface area contributed by atoms with Crippen molar-refractivity contribution in [2.75, 3.05) is 287 Å². The van der Waals surface area contributed by atoms with Crippen LogP contribution in [0.15, 0.2) is 182 Å². The van der Waals surface area contributed by atoms with Crippen LogP contribution in [-0.4, -0.2) is 320 Å². The zero-order chi connectivity index (χ0) is 101. The highest BCUT2D eigenvalue weighted by atomic mass is 28.4. The van der Waals surface area contributed by atoms with Crippen LogP contribution in [0.5, 0.6) is 0 Å². The van der Waals surface area contributed by atoms with Gasteiger partial charge in [-0.1, -0.05) is 220 Å². The van der Waals surface area contributed by atoms with Crippen LogP contribution in [0, 0.1) is 0 Å². The van der Waals surface area contributed by atoms with Crippen LogP contribution < -0.4 is 31.1 Å². The summed E-state index contributed by atoms with van der Waals surface area (Å²) >= 11 is 0. The number of ether oxygens (including phenoxy) is 24. The van der Waals surface area contributed by atoms with Crippen molar-refractivity contribution in [3.8, 4) is 66.8 Å². The van der Waals surface area contributed by atoms with Crippen LogP contribution in [0.2, 0.25) is 58.9 Å². The molecule has 29 heteroatoms. The Labute approximate surface area is 851 Å². The molecule has 0 N–H and O–H groups in total. The molecule has 9 aromatic carbocycles. The molecule has 0 saturated carbocycles. The Morgan fingerprint density at radius 2 is 0.289 bits per heavy atom. The van der Waals surface area contributed by atoms with Crippen molar-refractivity contribution in [3.05, 3.63) is 215 Å². The maximum absolute atomic E-state index is 7.79. The lowest BCUT2D eigenvalue weighted by molar-refractivity contribution is 0.000635. The lowest BCUT2D eigenvalue weighted by Gasteiger charge is -2.33. The Hall–Kier alpha value is -7.15. The van der Waals surface area contributed by atoms with E-state index in [2.05, 4.69) is 248 Å². The molecule has 0 bridgehead atoms. The molecule has 0 atom stereocenters. The van der Waals surface area contributed by atoms with Gasteiger partial charge in [0.05, 0.1) is 302 Å². The van der Waals surface area contributed by atoms with E-state index in [-0.39, 0.29) is 0 Å². The quantitative estimate of drug-likeness (QED) is 0.0196. The van der Waals surface area contributed by atoms with Crippen molar-refractivity contribution in [2.24, 2.45) is 0 Å². The van der Waals surface area contributed by atoms with Crippen molar-refractivity contribution >= 4 is 63.7 Å². The van der Waals surface area contributed by atoms with E-state index in [9.17, 15) is 0 Å². The molecule has 0 heterocycles. The second-order valence-electron chi connectivity index (χ2n) is 37.4. The maximum atomic E-state index is 7.79. The fourth-order valence-corrected chi connectivity index (χ4v) is 23.4. The predicted octanol–water partition coefficient (Wildman–Crippen LogP) is 15.5. The molecule has 0 aliphatic rings. The molecule has 0 aromatic heterocycles. The van der Waals surface area contributed by atoms with E-state index in [0.717, 1.165) is 116 Å². The van der Waals surface area contributed by atoms with Gasteiger partial charge in [0.1, 0.15) is 0 Å². The van der Waals surface area contributed by atoms with E-state index in [4.69, 9.17) is 118 Å². The van der Waals surface area contributed by atoms with Gasteiger partial charge in [0.15, 0.2) is 0 Å². The van der Waals surface area contributed by atoms with Crippen molar-refractivity contribution in [3.63, 3.8) is 0 Å². The van der Waals surface area contributed by atoms with E-state index < -0.39 is 32.5 Å².